The van der Waals surface area contributed by atoms with Gasteiger partial charge in [-0.1, -0.05) is 25.6 Å². The van der Waals surface area contributed by atoms with Crippen molar-refractivity contribution in [2.24, 2.45) is 5.41 Å². The lowest BCUT2D eigenvalue weighted by Gasteiger charge is -2.27. The smallest absolute Gasteiger partial charge is 0.408 e. The van der Waals surface area contributed by atoms with Crippen molar-refractivity contribution in [3.8, 4) is 0 Å². The lowest BCUT2D eigenvalue weighted by molar-refractivity contribution is -0.157. The van der Waals surface area contributed by atoms with Crippen molar-refractivity contribution < 1.29 is 62.8 Å². The minimum absolute atomic E-state index is 0.0308. The fraction of sp³-hybridized carbons (Fsp3) is 0.778. The first kappa shape index (κ1) is 51.8. The third-order valence-corrected chi connectivity index (χ3v) is 7.96. The summed E-state index contributed by atoms with van der Waals surface area (Å²) < 4.78 is 15.8. The first-order chi connectivity index (χ1) is 25.5. The molecule has 0 saturated carbocycles. The Bertz CT molecular complexity index is 1370. The van der Waals surface area contributed by atoms with Crippen molar-refractivity contribution in [3.05, 3.63) is 0 Å². The van der Waals surface area contributed by atoms with Gasteiger partial charge in [0.25, 0.3) is 0 Å². The molecule has 8 N–H and O–H groups in total. The summed E-state index contributed by atoms with van der Waals surface area (Å²) in [5, 5.41) is 33.6. The zero-order valence-corrected chi connectivity index (χ0v) is 35.6. The van der Waals surface area contributed by atoms with Gasteiger partial charge >= 0.3 is 18.2 Å². The van der Waals surface area contributed by atoms with Crippen LogP contribution in [0.25, 0.3) is 0 Å². The van der Waals surface area contributed by atoms with Crippen LogP contribution in [0.15, 0.2) is 0 Å². The maximum atomic E-state index is 13.2. The number of thioether (sulfide) groups is 1. The van der Waals surface area contributed by atoms with Crippen molar-refractivity contribution in [2.75, 3.05) is 32.0 Å². The van der Waals surface area contributed by atoms with Gasteiger partial charge in [0, 0.05) is 43.6 Å². The second-order valence-corrected chi connectivity index (χ2v) is 17.7. The molecule has 0 saturated heterocycles. The summed E-state index contributed by atoms with van der Waals surface area (Å²) in [5.41, 5.74) is -3.65. The number of hydrogen-bond donors (Lipinski definition) is 8. The van der Waals surface area contributed by atoms with E-state index in [1.807, 2.05) is 0 Å². The Hall–Kier alpha value is -4.17. The number of nitrogens with one attached hydrogen (secondary N) is 6. The van der Waals surface area contributed by atoms with Crippen LogP contribution in [0.3, 0.4) is 0 Å². The predicted octanol–water partition coefficient (Wildman–Crippen LogP) is 0.778. The summed E-state index contributed by atoms with van der Waals surface area (Å²) in [7, 11) is 0. The molecule has 0 heterocycles. The highest BCUT2D eigenvalue weighted by Crippen LogP contribution is 2.19. The summed E-state index contributed by atoms with van der Waals surface area (Å²) in [6, 6.07) is -3.71. The Morgan fingerprint density at radius 1 is 0.625 bits per heavy atom. The van der Waals surface area contributed by atoms with Crippen molar-refractivity contribution >= 4 is 58.7 Å². The Morgan fingerprint density at radius 2 is 1.18 bits per heavy atom. The number of hydrogen-bond acceptors (Lipinski definition) is 14. The minimum Gasteiger partial charge on any atom is -0.458 e. The number of amides is 6. The van der Waals surface area contributed by atoms with Gasteiger partial charge in [-0.2, -0.15) is 0 Å². The topological polar surface area (TPSA) is 277 Å². The summed E-state index contributed by atoms with van der Waals surface area (Å²) >= 11 is 0.760. The monoisotopic (exact) mass is 820 g/mol. The molecule has 0 fully saturated rings. The summed E-state index contributed by atoms with van der Waals surface area (Å²) in [6.07, 6.45) is -3.84. The Kier molecular flexibility index (Phi) is 21.4. The van der Waals surface area contributed by atoms with Crippen molar-refractivity contribution in [1.29, 1.82) is 0 Å². The van der Waals surface area contributed by atoms with Gasteiger partial charge in [0.1, 0.15) is 41.0 Å². The quantitative estimate of drug-likeness (QED) is 0.0479. The molecule has 56 heavy (non-hydrogen) atoms. The van der Waals surface area contributed by atoms with Crippen molar-refractivity contribution in [2.45, 2.75) is 143 Å². The Balaban J connectivity index is 5.37. The molecule has 0 bridgehead atoms. The van der Waals surface area contributed by atoms with Crippen LogP contribution < -0.4 is 31.9 Å². The van der Waals surface area contributed by atoms with Gasteiger partial charge in [-0.15, -0.1) is 0 Å². The fourth-order valence-electron chi connectivity index (χ4n) is 4.08. The van der Waals surface area contributed by atoms with E-state index >= 15 is 0 Å². The molecule has 19 nitrogen and oxygen atoms in total. The molecule has 0 rings (SSSR count). The van der Waals surface area contributed by atoms with Gasteiger partial charge in [-0.25, -0.2) is 14.4 Å². The van der Waals surface area contributed by atoms with Gasteiger partial charge in [-0.05, 0) is 75.7 Å². The molecule has 0 radical (unpaired) electrons. The molecule has 0 unspecified atom stereocenters. The van der Waals surface area contributed by atoms with Crippen LogP contribution in [-0.2, 0) is 43.0 Å². The maximum Gasteiger partial charge on any atom is 0.408 e. The average Bonchev–Trinajstić information content (AvgIpc) is 3.03. The molecular weight excluding hydrogens is 756 g/mol. The van der Waals surface area contributed by atoms with Gasteiger partial charge in [0.2, 0.25) is 28.7 Å². The normalized spacial score (nSPS) is 14.1. The van der Waals surface area contributed by atoms with E-state index in [4.69, 9.17) is 14.2 Å². The molecule has 0 aliphatic carbocycles. The van der Waals surface area contributed by atoms with Crippen LogP contribution in [0.1, 0.15) is 102 Å². The molecule has 0 aromatic rings. The molecule has 4 atom stereocenters. The molecule has 322 valence electrons. The third kappa shape index (κ3) is 23.7. The highest BCUT2D eigenvalue weighted by Gasteiger charge is 2.33. The van der Waals surface area contributed by atoms with Crippen LogP contribution in [-0.4, -0.2) is 130 Å². The fourth-order valence-corrected chi connectivity index (χ4v) is 4.83. The molecule has 0 aliphatic rings. The van der Waals surface area contributed by atoms with Crippen LogP contribution in [0.2, 0.25) is 0 Å². The number of ether oxygens (including phenoxy) is 3. The number of rotatable bonds is 20. The van der Waals surface area contributed by atoms with E-state index < -0.39 is 100.0 Å². The third-order valence-electron chi connectivity index (χ3n) is 6.98. The van der Waals surface area contributed by atoms with Crippen LogP contribution >= 0.6 is 11.8 Å². The summed E-state index contributed by atoms with van der Waals surface area (Å²) in [6.45, 7) is 18.3. The number of carbonyl (C=O) groups is 8. The minimum atomic E-state index is -1.48. The zero-order chi connectivity index (χ0) is 43.7. The number of aliphatic hydroxyl groups excluding tert-OH is 2. The second kappa shape index (κ2) is 23.2. The molecule has 20 heteroatoms. The predicted molar refractivity (Wildman–Crippen MR) is 207 cm³/mol. The average molecular weight is 821 g/mol. The van der Waals surface area contributed by atoms with Gasteiger partial charge in [-0.3, -0.25) is 24.0 Å². The maximum absolute atomic E-state index is 13.2. The van der Waals surface area contributed by atoms with Crippen LogP contribution in [0.4, 0.5) is 9.59 Å². The SMILES string of the molecule is C[C@@H](NC(=O)CC[C@@H](NC(=O)OC(C)(C)C)C(=O)OC(C)(C)C)C(=O)N[C@@H](CNC(=O)OC(C)(C)C)C(=O)SCCNC(=O)CCNC(=O)[C@H](O)C(C)(C)CO. The first-order valence-electron chi connectivity index (χ1n) is 18.2. The van der Waals surface area contributed by atoms with Crippen LogP contribution in [0.5, 0.6) is 0 Å². The molecule has 0 aliphatic heterocycles. The second-order valence-electron chi connectivity index (χ2n) is 16.6. The first-order valence-corrected chi connectivity index (χ1v) is 19.2. The highest BCUT2D eigenvalue weighted by atomic mass is 32.2. The number of esters is 1. The highest BCUT2D eigenvalue weighted by molar-refractivity contribution is 8.13. The van der Waals surface area contributed by atoms with Crippen LogP contribution in [0, 0.1) is 5.41 Å². The van der Waals surface area contributed by atoms with Gasteiger partial charge in [0.05, 0.1) is 6.61 Å². The lowest BCUT2D eigenvalue weighted by Crippen LogP contribution is -2.54. The molecular formula is C36H64N6O13S. The van der Waals surface area contributed by atoms with E-state index in [0.717, 1.165) is 11.8 Å². The van der Waals surface area contributed by atoms with E-state index in [2.05, 4.69) is 31.9 Å². The lowest BCUT2D eigenvalue weighted by atomic mass is 9.87. The van der Waals surface area contributed by atoms with E-state index in [1.54, 1.807) is 62.3 Å². The van der Waals surface area contributed by atoms with E-state index in [-0.39, 0.29) is 44.6 Å². The largest absolute Gasteiger partial charge is 0.458 e. The van der Waals surface area contributed by atoms with Crippen molar-refractivity contribution in [1.82, 2.24) is 31.9 Å². The number of carbonyl (C=O) groups excluding carboxylic acids is 8. The van der Waals surface area contributed by atoms with Crippen molar-refractivity contribution in [3.63, 3.8) is 0 Å². The van der Waals surface area contributed by atoms with Gasteiger partial charge in [0.15, 0.2) is 0 Å². The summed E-state index contributed by atoms with van der Waals surface area (Å²) in [5.74, 6) is -3.34. The summed E-state index contributed by atoms with van der Waals surface area (Å²) in [4.78, 5) is 101. The molecule has 0 spiro atoms. The number of aliphatic hydroxyl groups is 2. The van der Waals surface area contributed by atoms with E-state index in [9.17, 15) is 48.6 Å². The Labute approximate surface area is 333 Å². The zero-order valence-electron chi connectivity index (χ0n) is 34.8. The van der Waals surface area contributed by atoms with E-state index in [0.29, 0.717) is 0 Å². The standard InChI is InChI=1S/C36H64N6O13S/c1-21(40-25(45)14-13-22(29(49)53-33(2,3)4)42-32(52)55-35(8,9)10)27(47)41-23(19-39-31(51)54-34(5,6)7)30(50)56-18-17-37-24(44)15-16-38-28(48)26(46)36(11,12)20-43/h21-23,26,43,46H,13-20H2,1-12H3,(H,37,44)(H,38,48)(H,39,51)(H,40,45)(H,41,47)(H,42,52)/t21-,22-,23+,26+/m1/s1. The van der Waals surface area contributed by atoms with Gasteiger partial charge < -0.3 is 56.3 Å². The molecule has 6 amide bonds. The Morgan fingerprint density at radius 3 is 1.71 bits per heavy atom. The number of alkyl carbamates (subject to hydrolysis) is 2. The molecule has 0 aromatic carbocycles. The van der Waals surface area contributed by atoms with E-state index in [1.165, 1.54) is 20.8 Å². The molecule has 0 aromatic heterocycles.